The number of rotatable bonds is 5. The highest BCUT2D eigenvalue weighted by atomic mass is 19.1. The molecule has 2 amide bonds. The molecule has 0 saturated heterocycles. The zero-order valence-electron chi connectivity index (χ0n) is 12.9. The molecule has 2 aromatic carbocycles. The number of amides is 2. The van der Waals surface area contributed by atoms with Gasteiger partial charge in [0.15, 0.2) is 6.10 Å². The number of anilines is 1. The number of nitrogens with one attached hydrogen (secondary N) is 2. The van der Waals surface area contributed by atoms with E-state index in [9.17, 15) is 14.0 Å². The van der Waals surface area contributed by atoms with Crippen LogP contribution < -0.4 is 15.4 Å². The number of carbonyl (C=O) groups is 2. The number of hydrogen-bond donors (Lipinski definition) is 2. The summed E-state index contributed by atoms with van der Waals surface area (Å²) >= 11 is 0. The van der Waals surface area contributed by atoms with E-state index in [4.69, 9.17) is 4.74 Å². The molecule has 5 nitrogen and oxygen atoms in total. The number of hydrogen-bond acceptors (Lipinski definition) is 3. The van der Waals surface area contributed by atoms with E-state index in [0.717, 1.165) is 5.56 Å². The summed E-state index contributed by atoms with van der Waals surface area (Å²) in [4.78, 5) is 24.0. The molecule has 24 heavy (non-hydrogen) atoms. The number of carbonyl (C=O) groups excluding carboxylic acids is 2. The first-order chi connectivity index (χ1) is 11.6. The van der Waals surface area contributed by atoms with E-state index in [1.807, 2.05) is 0 Å². The van der Waals surface area contributed by atoms with Crippen LogP contribution in [0.15, 0.2) is 48.5 Å². The van der Waals surface area contributed by atoms with Crippen LogP contribution in [0.3, 0.4) is 0 Å². The Kier molecular flexibility index (Phi) is 4.74. The van der Waals surface area contributed by atoms with Gasteiger partial charge in [0, 0.05) is 6.54 Å². The quantitative estimate of drug-likeness (QED) is 0.885. The summed E-state index contributed by atoms with van der Waals surface area (Å²) in [5.74, 6) is -0.330. The minimum Gasteiger partial charge on any atom is -0.478 e. The van der Waals surface area contributed by atoms with Crippen molar-refractivity contribution in [3.63, 3.8) is 0 Å². The second-order valence-electron chi connectivity index (χ2n) is 5.52. The maximum absolute atomic E-state index is 12.8. The topological polar surface area (TPSA) is 67.4 Å². The highest BCUT2D eigenvalue weighted by Gasteiger charge is 2.29. The van der Waals surface area contributed by atoms with E-state index < -0.39 is 6.10 Å². The van der Waals surface area contributed by atoms with Gasteiger partial charge in [-0.05, 0) is 36.2 Å². The van der Waals surface area contributed by atoms with Crippen LogP contribution in [0.2, 0.25) is 0 Å². The molecule has 0 fully saturated rings. The van der Waals surface area contributed by atoms with Gasteiger partial charge in [-0.25, -0.2) is 4.39 Å². The van der Waals surface area contributed by atoms with Crippen molar-refractivity contribution in [3.05, 3.63) is 59.9 Å². The summed E-state index contributed by atoms with van der Waals surface area (Å²) in [6, 6.07) is 13.2. The van der Waals surface area contributed by atoms with E-state index in [0.29, 0.717) is 24.4 Å². The molecule has 0 spiro atoms. The van der Waals surface area contributed by atoms with Gasteiger partial charge in [-0.1, -0.05) is 24.3 Å². The van der Waals surface area contributed by atoms with Crippen molar-refractivity contribution < 1.29 is 18.7 Å². The standard InChI is InChI=1S/C18H17FN2O3/c19-13-7-5-12(6-8-13)9-10-20-17(22)11-16-18(23)21-14-3-1-2-4-15(14)24-16/h1-8,16H,9-11H2,(H,20,22)(H,21,23). The third-order valence-corrected chi connectivity index (χ3v) is 3.73. The molecule has 6 heteroatoms. The SMILES string of the molecule is O=C(CC1Oc2ccccc2NC1=O)NCCc1ccc(F)cc1. The Morgan fingerprint density at radius 1 is 1.17 bits per heavy atom. The summed E-state index contributed by atoms with van der Waals surface area (Å²) in [5, 5.41) is 5.47. The van der Waals surface area contributed by atoms with E-state index in [2.05, 4.69) is 10.6 Å². The fourth-order valence-corrected chi connectivity index (χ4v) is 2.46. The largest absolute Gasteiger partial charge is 0.478 e. The van der Waals surface area contributed by atoms with E-state index in [-0.39, 0.29) is 24.1 Å². The molecule has 0 saturated carbocycles. The fraction of sp³-hybridized carbons (Fsp3) is 0.222. The minimum absolute atomic E-state index is 0.0520. The Morgan fingerprint density at radius 3 is 2.71 bits per heavy atom. The number of fused-ring (bicyclic) bond motifs is 1. The molecular formula is C18H17FN2O3. The monoisotopic (exact) mass is 328 g/mol. The molecule has 1 aliphatic rings. The van der Waals surface area contributed by atoms with Gasteiger partial charge in [0.1, 0.15) is 11.6 Å². The van der Waals surface area contributed by atoms with Crippen molar-refractivity contribution in [2.45, 2.75) is 18.9 Å². The third kappa shape index (κ3) is 3.90. The Morgan fingerprint density at radius 2 is 1.92 bits per heavy atom. The van der Waals surface area contributed by atoms with Crippen LogP contribution in [0.1, 0.15) is 12.0 Å². The fourth-order valence-electron chi connectivity index (χ4n) is 2.46. The molecule has 1 heterocycles. The molecule has 2 aromatic rings. The first kappa shape index (κ1) is 16.0. The van der Waals surface area contributed by atoms with Crippen molar-refractivity contribution in [2.24, 2.45) is 0 Å². The van der Waals surface area contributed by atoms with Gasteiger partial charge in [0.2, 0.25) is 5.91 Å². The van der Waals surface area contributed by atoms with Crippen molar-refractivity contribution in [1.29, 1.82) is 0 Å². The molecule has 1 unspecified atom stereocenters. The predicted molar refractivity (Wildman–Crippen MR) is 87.2 cm³/mol. The number of halogens is 1. The number of para-hydroxylation sites is 2. The van der Waals surface area contributed by atoms with Gasteiger partial charge in [0.05, 0.1) is 12.1 Å². The predicted octanol–water partition coefficient (Wildman–Crippen LogP) is 2.27. The highest BCUT2D eigenvalue weighted by molar-refractivity contribution is 5.99. The third-order valence-electron chi connectivity index (χ3n) is 3.73. The lowest BCUT2D eigenvalue weighted by Gasteiger charge is -2.25. The van der Waals surface area contributed by atoms with E-state index in [1.54, 1.807) is 36.4 Å². The van der Waals surface area contributed by atoms with Crippen LogP contribution in [0.5, 0.6) is 5.75 Å². The summed E-state index contributed by atoms with van der Waals surface area (Å²) in [6.45, 7) is 0.412. The molecule has 1 atom stereocenters. The van der Waals surface area contributed by atoms with Crippen LogP contribution in [-0.4, -0.2) is 24.5 Å². The average Bonchev–Trinajstić information content (AvgIpc) is 2.57. The smallest absolute Gasteiger partial charge is 0.266 e. The normalized spacial score (nSPS) is 15.9. The van der Waals surface area contributed by atoms with Crippen LogP contribution in [0.25, 0.3) is 0 Å². The summed E-state index contributed by atoms with van der Waals surface area (Å²) < 4.78 is 18.4. The lowest BCUT2D eigenvalue weighted by molar-refractivity contribution is -0.130. The first-order valence-electron chi connectivity index (χ1n) is 7.69. The molecule has 0 bridgehead atoms. The second kappa shape index (κ2) is 7.12. The van der Waals surface area contributed by atoms with Crippen molar-refractivity contribution in [1.82, 2.24) is 5.32 Å². The molecule has 1 aliphatic heterocycles. The Balaban J connectivity index is 1.48. The number of benzene rings is 2. The van der Waals surface area contributed by atoms with E-state index in [1.165, 1.54) is 12.1 Å². The summed E-state index contributed by atoms with van der Waals surface area (Å²) in [5.41, 5.74) is 1.53. The number of ether oxygens (including phenoxy) is 1. The second-order valence-corrected chi connectivity index (χ2v) is 5.52. The molecule has 124 valence electrons. The van der Waals surface area contributed by atoms with Crippen LogP contribution in [0.4, 0.5) is 10.1 Å². The summed E-state index contributed by atoms with van der Waals surface area (Å²) in [6.07, 6.45) is -0.304. The molecule has 2 N–H and O–H groups in total. The van der Waals surface area contributed by atoms with Gasteiger partial charge in [-0.15, -0.1) is 0 Å². The van der Waals surface area contributed by atoms with Crippen molar-refractivity contribution in [2.75, 3.05) is 11.9 Å². The molecule has 0 radical (unpaired) electrons. The molecule has 0 aromatic heterocycles. The lowest BCUT2D eigenvalue weighted by Crippen LogP contribution is -2.41. The highest BCUT2D eigenvalue weighted by Crippen LogP contribution is 2.29. The molecule has 0 aliphatic carbocycles. The molecular weight excluding hydrogens is 311 g/mol. The van der Waals surface area contributed by atoms with Crippen LogP contribution in [-0.2, 0) is 16.0 Å². The minimum atomic E-state index is -0.842. The maximum Gasteiger partial charge on any atom is 0.266 e. The lowest BCUT2D eigenvalue weighted by atomic mass is 10.1. The van der Waals surface area contributed by atoms with E-state index >= 15 is 0 Å². The van der Waals surface area contributed by atoms with Crippen LogP contribution >= 0.6 is 0 Å². The Hall–Kier alpha value is -2.89. The van der Waals surface area contributed by atoms with Gasteiger partial charge < -0.3 is 15.4 Å². The van der Waals surface area contributed by atoms with Crippen molar-refractivity contribution in [3.8, 4) is 5.75 Å². The van der Waals surface area contributed by atoms with Crippen molar-refractivity contribution >= 4 is 17.5 Å². The van der Waals surface area contributed by atoms with Crippen LogP contribution in [0, 0.1) is 5.82 Å². The Labute approximate surface area is 138 Å². The van der Waals surface area contributed by atoms with Gasteiger partial charge in [-0.2, -0.15) is 0 Å². The zero-order chi connectivity index (χ0) is 16.9. The average molecular weight is 328 g/mol. The first-order valence-corrected chi connectivity index (χ1v) is 7.69. The maximum atomic E-state index is 12.8. The Bertz CT molecular complexity index is 746. The molecule has 3 rings (SSSR count). The van der Waals surface area contributed by atoms with Gasteiger partial charge in [-0.3, -0.25) is 9.59 Å². The van der Waals surface area contributed by atoms with Gasteiger partial charge in [0.25, 0.3) is 5.91 Å². The summed E-state index contributed by atoms with van der Waals surface area (Å²) in [7, 11) is 0. The van der Waals surface area contributed by atoms with Gasteiger partial charge >= 0.3 is 0 Å². The zero-order valence-corrected chi connectivity index (χ0v) is 12.9.